The van der Waals surface area contributed by atoms with Gasteiger partial charge in [-0.1, -0.05) is 0 Å². The third-order valence-electron chi connectivity index (χ3n) is 5.01. The van der Waals surface area contributed by atoms with Crippen LogP contribution >= 0.6 is 0 Å². The summed E-state index contributed by atoms with van der Waals surface area (Å²) in [6, 6.07) is 5.35. The van der Waals surface area contributed by atoms with Crippen molar-refractivity contribution in [2.24, 2.45) is 0 Å². The van der Waals surface area contributed by atoms with Crippen LogP contribution in [0.25, 0.3) is 0 Å². The Bertz CT molecular complexity index is 669. The summed E-state index contributed by atoms with van der Waals surface area (Å²) in [5, 5.41) is 0. The van der Waals surface area contributed by atoms with Gasteiger partial charge in [-0.05, 0) is 32.0 Å². The second-order valence-corrected chi connectivity index (χ2v) is 7.27. The molecule has 7 nitrogen and oxygen atoms in total. The maximum absolute atomic E-state index is 12.9. The molecule has 0 saturated carbocycles. The molecule has 0 aromatic heterocycles. The van der Waals surface area contributed by atoms with Crippen LogP contribution in [0, 0.1) is 0 Å². The Hall–Kier alpha value is -2.28. The minimum Gasteiger partial charge on any atom is -0.493 e. The highest BCUT2D eigenvalue weighted by Crippen LogP contribution is 2.31. The van der Waals surface area contributed by atoms with Gasteiger partial charge in [0.25, 0.3) is 5.91 Å². The van der Waals surface area contributed by atoms with Crippen molar-refractivity contribution in [1.29, 1.82) is 0 Å². The standard InChI is InChI=1S/C21H32N2O5/c1-15(2)23(12-13-26-4)21(25)17-6-7-19(20(14-17)27-5)28-18-8-10-22(11-9-18)16(3)24/h6-7,14-15,18H,8-13H2,1-5H3. The van der Waals surface area contributed by atoms with E-state index in [-0.39, 0.29) is 24.0 Å². The van der Waals surface area contributed by atoms with Crippen LogP contribution in [-0.4, -0.2) is 74.2 Å². The summed E-state index contributed by atoms with van der Waals surface area (Å²) in [6.45, 7) is 7.96. The van der Waals surface area contributed by atoms with Gasteiger partial charge >= 0.3 is 0 Å². The van der Waals surface area contributed by atoms with Crippen LogP contribution in [0.3, 0.4) is 0 Å². The molecule has 0 spiro atoms. The van der Waals surface area contributed by atoms with Gasteiger partial charge in [0.15, 0.2) is 11.5 Å². The fourth-order valence-electron chi connectivity index (χ4n) is 3.32. The van der Waals surface area contributed by atoms with E-state index >= 15 is 0 Å². The van der Waals surface area contributed by atoms with Crippen molar-refractivity contribution in [3.05, 3.63) is 23.8 Å². The number of methoxy groups -OCH3 is 2. The lowest BCUT2D eigenvalue weighted by atomic mass is 10.1. The molecule has 7 heteroatoms. The summed E-state index contributed by atoms with van der Waals surface area (Å²) >= 11 is 0. The van der Waals surface area contributed by atoms with E-state index in [1.54, 1.807) is 44.2 Å². The smallest absolute Gasteiger partial charge is 0.254 e. The Morgan fingerprint density at radius 1 is 1.18 bits per heavy atom. The topological polar surface area (TPSA) is 68.3 Å². The zero-order valence-electron chi connectivity index (χ0n) is 17.6. The third-order valence-corrected chi connectivity index (χ3v) is 5.01. The van der Waals surface area contributed by atoms with Gasteiger partial charge < -0.3 is 24.0 Å². The van der Waals surface area contributed by atoms with Gasteiger partial charge in [-0.15, -0.1) is 0 Å². The molecule has 0 N–H and O–H groups in total. The first kappa shape index (κ1) is 22.0. The van der Waals surface area contributed by atoms with Crippen LogP contribution in [0.4, 0.5) is 0 Å². The quantitative estimate of drug-likeness (QED) is 0.680. The molecule has 0 unspecified atom stereocenters. The highest BCUT2D eigenvalue weighted by atomic mass is 16.5. The van der Waals surface area contributed by atoms with E-state index in [0.717, 1.165) is 12.8 Å². The van der Waals surface area contributed by atoms with E-state index in [2.05, 4.69) is 0 Å². The van der Waals surface area contributed by atoms with E-state index in [9.17, 15) is 9.59 Å². The molecule has 1 heterocycles. The second-order valence-electron chi connectivity index (χ2n) is 7.27. The van der Waals surface area contributed by atoms with Gasteiger partial charge in [-0.3, -0.25) is 9.59 Å². The van der Waals surface area contributed by atoms with Crippen molar-refractivity contribution in [3.8, 4) is 11.5 Å². The molecular weight excluding hydrogens is 360 g/mol. The molecule has 28 heavy (non-hydrogen) atoms. The van der Waals surface area contributed by atoms with E-state index in [0.29, 0.717) is 43.3 Å². The molecule has 0 bridgehead atoms. The van der Waals surface area contributed by atoms with Crippen molar-refractivity contribution in [2.45, 2.75) is 45.8 Å². The molecule has 1 aromatic rings. The number of rotatable bonds is 8. The molecule has 2 amide bonds. The van der Waals surface area contributed by atoms with E-state index < -0.39 is 0 Å². The first-order valence-corrected chi connectivity index (χ1v) is 9.77. The van der Waals surface area contributed by atoms with Crippen molar-refractivity contribution < 1.29 is 23.8 Å². The number of amides is 2. The molecule has 0 aliphatic carbocycles. The van der Waals surface area contributed by atoms with Crippen LogP contribution in [0.2, 0.25) is 0 Å². The zero-order valence-corrected chi connectivity index (χ0v) is 17.6. The van der Waals surface area contributed by atoms with Crippen molar-refractivity contribution >= 4 is 11.8 Å². The van der Waals surface area contributed by atoms with Crippen LogP contribution in [0.15, 0.2) is 18.2 Å². The number of hydrogen-bond acceptors (Lipinski definition) is 5. The Labute approximate surface area is 167 Å². The lowest BCUT2D eigenvalue weighted by Gasteiger charge is -2.32. The summed E-state index contributed by atoms with van der Waals surface area (Å²) in [5.41, 5.74) is 0.556. The van der Waals surface area contributed by atoms with Crippen molar-refractivity contribution in [1.82, 2.24) is 9.80 Å². The number of benzene rings is 1. The predicted octanol–water partition coefficient (Wildman–Crippen LogP) is 2.58. The molecule has 156 valence electrons. The maximum Gasteiger partial charge on any atom is 0.254 e. The minimum atomic E-state index is -0.0633. The predicted molar refractivity (Wildman–Crippen MR) is 107 cm³/mol. The number of ether oxygens (including phenoxy) is 3. The molecule has 1 aliphatic heterocycles. The van der Waals surface area contributed by atoms with Crippen LogP contribution in [0.5, 0.6) is 11.5 Å². The second kappa shape index (κ2) is 10.3. The Morgan fingerprint density at radius 3 is 2.39 bits per heavy atom. The maximum atomic E-state index is 12.9. The number of piperidine rings is 1. The monoisotopic (exact) mass is 392 g/mol. The largest absolute Gasteiger partial charge is 0.493 e. The van der Waals surface area contributed by atoms with Gasteiger partial charge in [0.05, 0.1) is 13.7 Å². The lowest BCUT2D eigenvalue weighted by molar-refractivity contribution is -0.130. The molecule has 1 fully saturated rings. The summed E-state index contributed by atoms with van der Waals surface area (Å²) in [6.07, 6.45) is 1.59. The Balaban J connectivity index is 2.09. The Morgan fingerprint density at radius 2 is 1.86 bits per heavy atom. The van der Waals surface area contributed by atoms with Crippen LogP contribution in [0.1, 0.15) is 44.0 Å². The molecule has 0 atom stereocenters. The molecule has 1 aromatic carbocycles. The van der Waals surface area contributed by atoms with Gasteiger partial charge in [-0.25, -0.2) is 0 Å². The third kappa shape index (κ3) is 5.61. The fourth-order valence-corrected chi connectivity index (χ4v) is 3.32. The highest BCUT2D eigenvalue weighted by Gasteiger charge is 2.24. The number of carbonyl (C=O) groups is 2. The van der Waals surface area contributed by atoms with E-state index in [1.807, 2.05) is 18.7 Å². The molecule has 0 radical (unpaired) electrons. The summed E-state index contributed by atoms with van der Waals surface area (Å²) < 4.78 is 16.7. The number of nitrogens with zero attached hydrogens (tertiary/aromatic N) is 2. The number of carbonyl (C=O) groups excluding carboxylic acids is 2. The number of hydrogen-bond donors (Lipinski definition) is 0. The minimum absolute atomic E-state index is 0.0277. The zero-order chi connectivity index (χ0) is 20.7. The molecule has 2 rings (SSSR count). The average Bonchev–Trinajstić information content (AvgIpc) is 2.68. The summed E-state index contributed by atoms with van der Waals surface area (Å²) in [4.78, 5) is 28.0. The van der Waals surface area contributed by atoms with Gasteiger partial charge in [0.1, 0.15) is 6.10 Å². The average molecular weight is 392 g/mol. The molecule has 1 saturated heterocycles. The molecular formula is C21H32N2O5. The first-order valence-electron chi connectivity index (χ1n) is 9.77. The lowest BCUT2D eigenvalue weighted by Crippen LogP contribution is -2.40. The molecule has 1 aliphatic rings. The SMILES string of the molecule is COCCN(C(=O)c1ccc(OC2CCN(C(C)=O)CC2)c(OC)c1)C(C)C. The normalized spacial score (nSPS) is 14.9. The van der Waals surface area contributed by atoms with Gasteiger partial charge in [-0.2, -0.15) is 0 Å². The summed E-state index contributed by atoms with van der Waals surface area (Å²) in [7, 11) is 3.19. The fraction of sp³-hybridized carbons (Fsp3) is 0.619. The van der Waals surface area contributed by atoms with Crippen LogP contribution in [-0.2, 0) is 9.53 Å². The number of likely N-dealkylation sites (tertiary alicyclic amines) is 1. The van der Waals surface area contributed by atoms with Crippen molar-refractivity contribution in [3.63, 3.8) is 0 Å². The first-order chi connectivity index (χ1) is 13.4. The van der Waals surface area contributed by atoms with Gasteiger partial charge in [0, 0.05) is 58.1 Å². The highest BCUT2D eigenvalue weighted by molar-refractivity contribution is 5.95. The van der Waals surface area contributed by atoms with Crippen LogP contribution < -0.4 is 9.47 Å². The van der Waals surface area contributed by atoms with E-state index in [1.165, 1.54) is 0 Å². The Kier molecular flexibility index (Phi) is 8.11. The summed E-state index contributed by atoms with van der Waals surface area (Å²) in [5.74, 6) is 1.19. The van der Waals surface area contributed by atoms with Gasteiger partial charge in [0.2, 0.25) is 5.91 Å². The van der Waals surface area contributed by atoms with Crippen molar-refractivity contribution in [2.75, 3.05) is 40.5 Å². The van der Waals surface area contributed by atoms with E-state index in [4.69, 9.17) is 14.2 Å².